The lowest BCUT2D eigenvalue weighted by Gasteiger charge is -2.02. The van der Waals surface area contributed by atoms with E-state index < -0.39 is 5.97 Å². The van der Waals surface area contributed by atoms with E-state index in [1.807, 2.05) is 0 Å². The number of hydrogen-bond acceptors (Lipinski definition) is 3. The van der Waals surface area contributed by atoms with E-state index >= 15 is 0 Å². The Morgan fingerprint density at radius 2 is 2.00 bits per heavy atom. The van der Waals surface area contributed by atoms with Crippen molar-refractivity contribution in [3.8, 4) is 0 Å². The number of rotatable bonds is 2. The molecule has 4 heteroatoms. The highest BCUT2D eigenvalue weighted by molar-refractivity contribution is 6.00. The van der Waals surface area contributed by atoms with Gasteiger partial charge in [0.1, 0.15) is 0 Å². The number of ketones is 1. The highest BCUT2D eigenvalue weighted by Gasteiger charge is 2.08. The summed E-state index contributed by atoms with van der Waals surface area (Å²) in [4.78, 5) is 21.4. The number of hydrogen-bond donors (Lipinski definition) is 2. The predicted octanol–water partition coefficient (Wildman–Crippen LogP) is 1.17. The van der Waals surface area contributed by atoms with Crippen molar-refractivity contribution in [3.63, 3.8) is 0 Å². The van der Waals surface area contributed by atoms with Crippen molar-refractivity contribution in [2.45, 2.75) is 6.92 Å². The number of Topliss-reactive ketones (excluding diaryl/α,β-unsaturated/α-hetero) is 1. The molecule has 0 aliphatic carbocycles. The molecule has 0 aliphatic heterocycles. The Balaban J connectivity index is 3.20. The zero-order valence-electron chi connectivity index (χ0n) is 7.07. The summed E-state index contributed by atoms with van der Waals surface area (Å²) in [7, 11) is 0. The number of carbonyl (C=O) groups is 2. The third-order valence-electron chi connectivity index (χ3n) is 1.68. The summed E-state index contributed by atoms with van der Waals surface area (Å²) in [5, 5.41) is 8.60. The molecule has 68 valence electrons. The van der Waals surface area contributed by atoms with Crippen molar-refractivity contribution in [2.24, 2.45) is 0 Å². The van der Waals surface area contributed by atoms with Crippen LogP contribution in [0.3, 0.4) is 0 Å². The molecular weight excluding hydrogens is 170 g/mol. The summed E-state index contributed by atoms with van der Waals surface area (Å²) in [6.07, 6.45) is 0. The molecule has 0 unspecified atom stereocenters. The maximum Gasteiger partial charge on any atom is 0.335 e. The van der Waals surface area contributed by atoms with Crippen molar-refractivity contribution in [2.75, 3.05) is 5.73 Å². The quantitative estimate of drug-likeness (QED) is 0.527. The van der Waals surface area contributed by atoms with Crippen LogP contribution >= 0.6 is 0 Å². The molecule has 0 heterocycles. The summed E-state index contributed by atoms with van der Waals surface area (Å²) >= 11 is 0. The number of carboxylic acids is 1. The lowest BCUT2D eigenvalue weighted by atomic mass is 10.1. The number of carbonyl (C=O) groups excluding carboxylic acids is 1. The summed E-state index contributed by atoms with van der Waals surface area (Å²) in [6, 6.07) is 4.05. The fraction of sp³-hybridized carbons (Fsp3) is 0.111. The van der Waals surface area contributed by atoms with Crippen LogP contribution in [0, 0.1) is 0 Å². The van der Waals surface area contributed by atoms with Gasteiger partial charge in [0.15, 0.2) is 5.78 Å². The molecule has 0 saturated carbocycles. The molecule has 1 aromatic rings. The number of carboxylic acid groups (broad SMARTS) is 1. The van der Waals surface area contributed by atoms with Crippen LogP contribution in [0.4, 0.5) is 5.69 Å². The van der Waals surface area contributed by atoms with Gasteiger partial charge in [0, 0.05) is 11.3 Å². The minimum absolute atomic E-state index is 0.0856. The van der Waals surface area contributed by atoms with E-state index in [0.29, 0.717) is 5.56 Å². The minimum atomic E-state index is -1.05. The first-order chi connectivity index (χ1) is 6.02. The topological polar surface area (TPSA) is 80.4 Å². The Hall–Kier alpha value is -1.84. The molecule has 3 N–H and O–H groups in total. The van der Waals surface area contributed by atoms with Crippen molar-refractivity contribution in [1.29, 1.82) is 0 Å². The van der Waals surface area contributed by atoms with Gasteiger partial charge in [0.05, 0.1) is 5.56 Å². The van der Waals surface area contributed by atoms with E-state index in [4.69, 9.17) is 10.8 Å². The third-order valence-corrected chi connectivity index (χ3v) is 1.68. The van der Waals surface area contributed by atoms with Gasteiger partial charge in [-0.15, -0.1) is 0 Å². The maximum absolute atomic E-state index is 10.9. The summed E-state index contributed by atoms with van der Waals surface area (Å²) in [5.74, 6) is -1.23. The number of nitrogens with two attached hydrogens (primary N) is 1. The van der Waals surface area contributed by atoms with Crippen LogP contribution in [0.25, 0.3) is 0 Å². The van der Waals surface area contributed by atoms with Crippen LogP contribution < -0.4 is 5.73 Å². The van der Waals surface area contributed by atoms with Crippen LogP contribution in [0.1, 0.15) is 27.6 Å². The second kappa shape index (κ2) is 3.26. The standard InChI is InChI=1S/C9H9NO3/c1-5(11)7-3-2-6(9(12)13)4-8(7)10/h2-4H,10H2,1H3,(H,12,13). The lowest BCUT2D eigenvalue weighted by Crippen LogP contribution is -2.03. The van der Waals surface area contributed by atoms with E-state index in [-0.39, 0.29) is 17.0 Å². The first-order valence-electron chi connectivity index (χ1n) is 3.66. The largest absolute Gasteiger partial charge is 0.478 e. The molecule has 0 aliphatic rings. The average Bonchev–Trinajstić information content (AvgIpc) is 2.03. The van der Waals surface area contributed by atoms with Crippen LogP contribution in [0.5, 0.6) is 0 Å². The van der Waals surface area contributed by atoms with E-state index in [9.17, 15) is 9.59 Å². The van der Waals surface area contributed by atoms with Gasteiger partial charge >= 0.3 is 5.97 Å². The van der Waals surface area contributed by atoms with Crippen LogP contribution in [0.15, 0.2) is 18.2 Å². The van der Waals surface area contributed by atoms with Gasteiger partial charge < -0.3 is 10.8 Å². The fourth-order valence-corrected chi connectivity index (χ4v) is 1.02. The highest BCUT2D eigenvalue weighted by Crippen LogP contribution is 2.14. The summed E-state index contributed by atoms with van der Waals surface area (Å²) < 4.78 is 0. The zero-order chi connectivity index (χ0) is 10.0. The van der Waals surface area contributed by atoms with Crippen molar-refractivity contribution in [1.82, 2.24) is 0 Å². The second-order valence-corrected chi connectivity index (χ2v) is 2.66. The number of benzene rings is 1. The van der Waals surface area contributed by atoms with Gasteiger partial charge in [-0.1, -0.05) is 0 Å². The Kier molecular flexibility index (Phi) is 2.32. The second-order valence-electron chi connectivity index (χ2n) is 2.66. The lowest BCUT2D eigenvalue weighted by molar-refractivity contribution is 0.0696. The normalized spacial score (nSPS) is 9.62. The average molecular weight is 179 g/mol. The van der Waals surface area contributed by atoms with Crippen molar-refractivity contribution in [3.05, 3.63) is 29.3 Å². The van der Waals surface area contributed by atoms with Gasteiger partial charge in [-0.05, 0) is 25.1 Å². The molecule has 0 bridgehead atoms. The van der Waals surface area contributed by atoms with Crippen molar-refractivity contribution < 1.29 is 14.7 Å². The number of nitrogen functional groups attached to an aromatic ring is 1. The first-order valence-corrected chi connectivity index (χ1v) is 3.66. The van der Waals surface area contributed by atoms with Crippen LogP contribution in [-0.2, 0) is 0 Å². The van der Waals surface area contributed by atoms with Gasteiger partial charge in [-0.3, -0.25) is 4.79 Å². The molecule has 0 saturated heterocycles. The first kappa shape index (κ1) is 9.25. The van der Waals surface area contributed by atoms with E-state index in [1.165, 1.54) is 25.1 Å². The van der Waals surface area contributed by atoms with Gasteiger partial charge in [0.2, 0.25) is 0 Å². The van der Waals surface area contributed by atoms with Crippen molar-refractivity contribution >= 4 is 17.4 Å². The number of aromatic carboxylic acids is 1. The molecule has 0 spiro atoms. The van der Waals surface area contributed by atoms with Crippen LogP contribution in [-0.4, -0.2) is 16.9 Å². The minimum Gasteiger partial charge on any atom is -0.478 e. The Labute approximate surface area is 75.0 Å². The molecule has 0 atom stereocenters. The van der Waals surface area contributed by atoms with Gasteiger partial charge in [0.25, 0.3) is 0 Å². The maximum atomic E-state index is 10.9. The summed E-state index contributed by atoms with van der Waals surface area (Å²) in [5.41, 5.74) is 6.11. The van der Waals surface area contributed by atoms with Gasteiger partial charge in [-0.25, -0.2) is 4.79 Å². The van der Waals surface area contributed by atoms with Crippen LogP contribution in [0.2, 0.25) is 0 Å². The monoisotopic (exact) mass is 179 g/mol. The molecule has 0 radical (unpaired) electrons. The zero-order valence-corrected chi connectivity index (χ0v) is 7.07. The molecule has 1 aromatic carbocycles. The van der Waals surface area contributed by atoms with Gasteiger partial charge in [-0.2, -0.15) is 0 Å². The molecular formula is C9H9NO3. The molecule has 0 amide bonds. The molecule has 0 aromatic heterocycles. The number of anilines is 1. The smallest absolute Gasteiger partial charge is 0.335 e. The fourth-order valence-electron chi connectivity index (χ4n) is 1.02. The molecule has 4 nitrogen and oxygen atoms in total. The SMILES string of the molecule is CC(=O)c1ccc(C(=O)O)cc1N. The Morgan fingerprint density at radius 3 is 2.38 bits per heavy atom. The van der Waals surface area contributed by atoms with E-state index in [0.717, 1.165) is 0 Å². The summed E-state index contributed by atoms with van der Waals surface area (Å²) in [6.45, 7) is 1.38. The molecule has 13 heavy (non-hydrogen) atoms. The predicted molar refractivity (Wildman–Crippen MR) is 47.8 cm³/mol. The molecule has 1 rings (SSSR count). The van der Waals surface area contributed by atoms with E-state index in [1.54, 1.807) is 0 Å². The Morgan fingerprint density at radius 1 is 1.38 bits per heavy atom. The Bertz CT molecular complexity index is 371. The third kappa shape index (κ3) is 1.84. The molecule has 0 fully saturated rings. The highest BCUT2D eigenvalue weighted by atomic mass is 16.4. The van der Waals surface area contributed by atoms with E-state index in [2.05, 4.69) is 0 Å².